The second-order valence-electron chi connectivity index (χ2n) is 11.6. The first kappa shape index (κ1) is 32.2. The highest BCUT2D eigenvalue weighted by molar-refractivity contribution is 5.84. The number of benzene rings is 6. The van der Waals surface area contributed by atoms with Gasteiger partial charge in [0.25, 0.3) is 0 Å². The van der Waals surface area contributed by atoms with E-state index in [0.717, 1.165) is 45.0 Å². The predicted molar refractivity (Wildman–Crippen MR) is 201 cm³/mol. The first-order chi connectivity index (χ1) is 24.7. The van der Waals surface area contributed by atoms with Crippen LogP contribution in [0.5, 0.6) is 17.2 Å². The van der Waals surface area contributed by atoms with Crippen molar-refractivity contribution in [2.75, 3.05) is 26.3 Å². The Balaban J connectivity index is 1.58. The largest absolute Gasteiger partial charge is 0.493 e. The van der Waals surface area contributed by atoms with E-state index in [2.05, 4.69) is 99.9 Å². The molecule has 6 aromatic carbocycles. The molecule has 0 bridgehead atoms. The van der Waals surface area contributed by atoms with Crippen molar-refractivity contribution in [1.82, 2.24) is 15.0 Å². The van der Waals surface area contributed by atoms with Gasteiger partial charge in [-0.15, -0.1) is 0 Å². The summed E-state index contributed by atoms with van der Waals surface area (Å²) in [6, 6.07) is 55.6. The van der Waals surface area contributed by atoms with Crippen LogP contribution in [0.2, 0.25) is 0 Å². The Kier molecular flexibility index (Phi) is 9.58. The summed E-state index contributed by atoms with van der Waals surface area (Å²) in [5.74, 6) is 2.26. The molecule has 1 heterocycles. The number of methoxy groups -OCH3 is 3. The van der Waals surface area contributed by atoms with E-state index in [1.807, 2.05) is 78.9 Å². The second-order valence-corrected chi connectivity index (χ2v) is 11.6. The average molecular weight is 659 g/mol. The van der Waals surface area contributed by atoms with Gasteiger partial charge in [-0.25, -0.2) is 10.4 Å². The number of nitrogens with zero attached hydrogens (tertiary/aromatic N) is 3. The summed E-state index contributed by atoms with van der Waals surface area (Å²) >= 11 is 0. The summed E-state index contributed by atoms with van der Waals surface area (Å²) in [5.41, 5.74) is 11.5. The van der Waals surface area contributed by atoms with Crippen molar-refractivity contribution in [2.24, 2.45) is 0 Å². The van der Waals surface area contributed by atoms with Gasteiger partial charge >= 0.3 is 0 Å². The monoisotopic (exact) mass is 658 g/mol. The molecule has 0 aliphatic carbocycles. The molecule has 0 spiro atoms. The first-order valence-electron chi connectivity index (χ1n) is 16.5. The van der Waals surface area contributed by atoms with Gasteiger partial charge in [0.1, 0.15) is 12.0 Å². The van der Waals surface area contributed by atoms with Crippen molar-refractivity contribution < 1.29 is 14.2 Å². The molecule has 1 aromatic heterocycles. The van der Waals surface area contributed by atoms with Crippen LogP contribution < -0.4 is 24.6 Å². The zero-order valence-corrected chi connectivity index (χ0v) is 28.2. The van der Waals surface area contributed by atoms with Gasteiger partial charge in [-0.2, -0.15) is 0 Å². The molecule has 248 valence electrons. The standard InChI is InChI=1S/C43H38N4O3/c1-48-37-30-29-36(40(49-2)41(37)50-3)43-44-38(31-19-9-4-10-20-31)39(32-21-11-5-12-22-32)46(43)42(33-23-13-6-14-24-33)45-47(34-25-15-7-16-26-34)35-27-17-8-18-28-35/h4-30,42,45H,1-3H3. The minimum absolute atomic E-state index is 0.468. The lowest BCUT2D eigenvalue weighted by molar-refractivity contribution is 0.325. The maximum Gasteiger partial charge on any atom is 0.204 e. The fourth-order valence-electron chi connectivity index (χ4n) is 6.31. The molecule has 0 aliphatic heterocycles. The first-order valence-corrected chi connectivity index (χ1v) is 16.5. The molecule has 0 aliphatic rings. The minimum Gasteiger partial charge on any atom is -0.493 e. The number of hydrazine groups is 1. The molecule has 0 amide bonds. The molecule has 7 aromatic rings. The summed E-state index contributed by atoms with van der Waals surface area (Å²) in [5, 5.41) is 2.13. The van der Waals surface area contributed by atoms with Gasteiger partial charge in [0.05, 0.1) is 49.7 Å². The van der Waals surface area contributed by atoms with Crippen LogP contribution in [-0.2, 0) is 0 Å². The zero-order valence-electron chi connectivity index (χ0n) is 28.2. The number of nitrogens with one attached hydrogen (secondary N) is 1. The van der Waals surface area contributed by atoms with E-state index >= 15 is 0 Å². The molecule has 7 rings (SSSR count). The van der Waals surface area contributed by atoms with Crippen molar-refractivity contribution in [2.45, 2.75) is 6.17 Å². The molecule has 50 heavy (non-hydrogen) atoms. The highest BCUT2D eigenvalue weighted by atomic mass is 16.5. The van der Waals surface area contributed by atoms with Gasteiger partial charge in [-0.05, 0) is 42.0 Å². The number of aromatic nitrogens is 2. The Morgan fingerprint density at radius 3 is 1.56 bits per heavy atom. The maximum atomic E-state index is 6.10. The molecule has 1 atom stereocenters. The van der Waals surface area contributed by atoms with Crippen LogP contribution in [0, 0.1) is 0 Å². The van der Waals surface area contributed by atoms with Gasteiger partial charge in [0, 0.05) is 11.1 Å². The van der Waals surface area contributed by atoms with Crippen molar-refractivity contribution >= 4 is 11.4 Å². The molecular formula is C43H38N4O3. The van der Waals surface area contributed by atoms with E-state index in [1.54, 1.807) is 21.3 Å². The average Bonchev–Trinajstić information content (AvgIpc) is 3.59. The Labute approximate surface area is 292 Å². The Morgan fingerprint density at radius 2 is 1.04 bits per heavy atom. The summed E-state index contributed by atoms with van der Waals surface area (Å²) in [7, 11) is 4.88. The van der Waals surface area contributed by atoms with E-state index in [4.69, 9.17) is 19.2 Å². The van der Waals surface area contributed by atoms with Crippen molar-refractivity contribution in [1.29, 1.82) is 0 Å². The third-order valence-electron chi connectivity index (χ3n) is 8.60. The summed E-state index contributed by atoms with van der Waals surface area (Å²) < 4.78 is 19.9. The normalized spacial score (nSPS) is 11.5. The molecular weight excluding hydrogens is 620 g/mol. The number of para-hydroxylation sites is 2. The Hall–Kier alpha value is -6.31. The van der Waals surface area contributed by atoms with E-state index < -0.39 is 6.17 Å². The molecule has 1 N–H and O–H groups in total. The van der Waals surface area contributed by atoms with Crippen LogP contribution in [0.1, 0.15) is 11.7 Å². The van der Waals surface area contributed by atoms with Gasteiger partial charge < -0.3 is 18.8 Å². The topological polar surface area (TPSA) is 60.8 Å². The summed E-state index contributed by atoms with van der Waals surface area (Å²) in [4.78, 5) is 5.49. The maximum absolute atomic E-state index is 6.10. The predicted octanol–water partition coefficient (Wildman–Crippen LogP) is 9.80. The van der Waals surface area contributed by atoms with Crippen molar-refractivity contribution in [3.63, 3.8) is 0 Å². The highest BCUT2D eigenvalue weighted by Gasteiger charge is 2.31. The van der Waals surface area contributed by atoms with Crippen LogP contribution in [-0.4, -0.2) is 30.9 Å². The minimum atomic E-state index is -0.468. The van der Waals surface area contributed by atoms with Crippen LogP contribution >= 0.6 is 0 Å². The molecule has 7 heteroatoms. The van der Waals surface area contributed by atoms with Crippen LogP contribution in [0.15, 0.2) is 164 Å². The molecule has 1 unspecified atom stereocenters. The highest BCUT2D eigenvalue weighted by Crippen LogP contribution is 2.47. The van der Waals surface area contributed by atoms with Crippen molar-refractivity contribution in [3.8, 4) is 51.2 Å². The van der Waals surface area contributed by atoms with E-state index in [9.17, 15) is 0 Å². The lowest BCUT2D eigenvalue weighted by Gasteiger charge is -2.33. The lowest BCUT2D eigenvalue weighted by atomic mass is 10.0. The number of hydrogen-bond acceptors (Lipinski definition) is 6. The van der Waals surface area contributed by atoms with E-state index in [1.165, 1.54) is 0 Å². The number of ether oxygens (including phenoxy) is 3. The Bertz CT molecular complexity index is 2100. The van der Waals surface area contributed by atoms with Crippen LogP contribution in [0.3, 0.4) is 0 Å². The van der Waals surface area contributed by atoms with Crippen molar-refractivity contribution in [3.05, 3.63) is 169 Å². The molecule has 0 radical (unpaired) electrons. The number of imidazole rings is 1. The van der Waals surface area contributed by atoms with Crippen LogP contribution in [0.4, 0.5) is 11.4 Å². The number of rotatable bonds is 12. The number of anilines is 2. The molecule has 0 saturated heterocycles. The summed E-state index contributed by atoms with van der Waals surface area (Å²) in [6.07, 6.45) is -0.468. The smallest absolute Gasteiger partial charge is 0.204 e. The summed E-state index contributed by atoms with van der Waals surface area (Å²) in [6.45, 7) is 0. The fraction of sp³-hybridized carbons (Fsp3) is 0.0930. The van der Waals surface area contributed by atoms with Gasteiger partial charge in [-0.3, -0.25) is 5.01 Å². The Morgan fingerprint density at radius 1 is 0.540 bits per heavy atom. The fourth-order valence-corrected chi connectivity index (χ4v) is 6.31. The third-order valence-corrected chi connectivity index (χ3v) is 8.60. The van der Waals surface area contributed by atoms with Gasteiger partial charge in [0.2, 0.25) is 5.75 Å². The van der Waals surface area contributed by atoms with E-state index in [-0.39, 0.29) is 0 Å². The molecule has 0 fully saturated rings. The number of hydrogen-bond donors (Lipinski definition) is 1. The lowest BCUT2D eigenvalue weighted by Crippen LogP contribution is -2.40. The van der Waals surface area contributed by atoms with Crippen LogP contribution in [0.25, 0.3) is 33.9 Å². The SMILES string of the molecule is COc1ccc(-c2nc(-c3ccccc3)c(-c3ccccc3)n2C(NN(c2ccccc2)c2ccccc2)c2ccccc2)c(OC)c1OC. The molecule has 0 saturated carbocycles. The van der Waals surface area contributed by atoms with Gasteiger partial charge in [-0.1, -0.05) is 127 Å². The second kappa shape index (κ2) is 14.8. The van der Waals surface area contributed by atoms with E-state index in [0.29, 0.717) is 23.1 Å². The van der Waals surface area contributed by atoms with Gasteiger partial charge in [0.15, 0.2) is 11.5 Å². The zero-order chi connectivity index (χ0) is 34.3. The third kappa shape index (κ3) is 6.30. The quantitative estimate of drug-likeness (QED) is 0.132. The molecule has 7 nitrogen and oxygen atoms in total.